The molecule has 0 aromatic heterocycles. The SMILES string of the molecule is CCCCCC/C=C/C=C/CCCCCCCC(=O)OC[C@H](COP(=O)(O)OC1C(O)C(O)C(O)[C@@H](O)C1O)OC(=O)CCCCCCC/C=C/C=C/CCCCCC. The topological polar surface area (TPSA) is 210 Å². The van der Waals surface area contributed by atoms with Crippen LogP contribution in [0.25, 0.3) is 0 Å². The van der Waals surface area contributed by atoms with Gasteiger partial charge >= 0.3 is 19.8 Å². The van der Waals surface area contributed by atoms with Gasteiger partial charge in [-0.25, -0.2) is 4.57 Å². The number of unbranched alkanes of at least 4 members (excludes halogenated alkanes) is 18. The predicted molar refractivity (Wildman–Crippen MR) is 230 cm³/mol. The van der Waals surface area contributed by atoms with Crippen LogP contribution < -0.4 is 0 Å². The van der Waals surface area contributed by atoms with Crippen molar-refractivity contribution in [1.82, 2.24) is 0 Å². The highest BCUT2D eigenvalue weighted by Crippen LogP contribution is 2.47. The summed E-state index contributed by atoms with van der Waals surface area (Å²) in [6.45, 7) is 3.22. The van der Waals surface area contributed by atoms with E-state index in [2.05, 4.69) is 62.5 Å². The van der Waals surface area contributed by atoms with E-state index in [1.807, 2.05) is 0 Å². The number of phosphoric ester groups is 1. The van der Waals surface area contributed by atoms with Crippen LogP contribution in [0.15, 0.2) is 48.6 Å². The minimum absolute atomic E-state index is 0.0743. The minimum Gasteiger partial charge on any atom is -0.462 e. The molecule has 0 bridgehead atoms. The van der Waals surface area contributed by atoms with E-state index in [9.17, 15) is 44.6 Å². The number of carbonyl (C=O) groups is 2. The number of carbonyl (C=O) groups excluding carboxylic acids is 2. The molecule has 0 saturated heterocycles. The standard InChI is InChI=1S/C45H79O13P/c1-3-5-7-9-11-13-15-17-19-21-23-25-27-29-31-33-38(46)55-35-37(36-56-59(53,54)58-45-43(51)41(49)40(48)42(50)44(45)52)57-39(47)34-32-30-28-26-24-22-20-18-16-14-12-10-8-6-4-2/h13-20,37,40-45,48-52H,3-12,21-36H2,1-2H3,(H,53,54)/b15-13+,16-14+,19-17+,20-18+/t37-,40?,41-,42?,43?,44?,45?/m1/s1. The van der Waals surface area contributed by atoms with E-state index < -0.39 is 75.7 Å². The molecule has 0 aromatic carbocycles. The predicted octanol–water partition coefficient (Wildman–Crippen LogP) is 8.39. The van der Waals surface area contributed by atoms with E-state index in [0.717, 1.165) is 77.0 Å². The van der Waals surface area contributed by atoms with Crippen molar-refractivity contribution < 1.29 is 63.1 Å². The lowest BCUT2D eigenvalue weighted by Crippen LogP contribution is -2.64. The molecule has 342 valence electrons. The van der Waals surface area contributed by atoms with Crippen LogP contribution >= 0.6 is 7.82 Å². The summed E-state index contributed by atoms with van der Waals surface area (Å²) in [6.07, 6.45) is 27.3. The molecule has 0 aromatic rings. The van der Waals surface area contributed by atoms with Gasteiger partial charge in [0.05, 0.1) is 6.61 Å². The van der Waals surface area contributed by atoms with Crippen LogP contribution in [-0.4, -0.2) is 98.3 Å². The first-order valence-electron chi connectivity index (χ1n) is 22.5. The smallest absolute Gasteiger partial charge is 0.462 e. The largest absolute Gasteiger partial charge is 0.472 e. The van der Waals surface area contributed by atoms with E-state index >= 15 is 0 Å². The van der Waals surface area contributed by atoms with Gasteiger partial charge in [0, 0.05) is 12.8 Å². The van der Waals surface area contributed by atoms with Gasteiger partial charge in [-0.3, -0.25) is 18.6 Å². The number of hydrogen-bond acceptors (Lipinski definition) is 12. The van der Waals surface area contributed by atoms with Crippen LogP contribution in [0, 0.1) is 0 Å². The van der Waals surface area contributed by atoms with E-state index in [1.165, 1.54) is 51.4 Å². The summed E-state index contributed by atoms with van der Waals surface area (Å²) in [7, 11) is -5.12. The highest BCUT2D eigenvalue weighted by atomic mass is 31.2. The third kappa shape index (κ3) is 28.1. The first-order valence-corrected chi connectivity index (χ1v) is 24.0. The molecule has 6 N–H and O–H groups in total. The molecule has 1 saturated carbocycles. The number of aliphatic hydroxyl groups is 5. The molecule has 8 atom stereocenters. The molecule has 0 amide bonds. The Morgan fingerprint density at radius 3 is 1.34 bits per heavy atom. The molecule has 0 heterocycles. The third-order valence-corrected chi connectivity index (χ3v) is 11.2. The van der Waals surface area contributed by atoms with Crippen molar-refractivity contribution in [2.45, 2.75) is 211 Å². The molecule has 1 aliphatic carbocycles. The molecule has 1 aliphatic rings. The number of esters is 2. The maximum absolute atomic E-state index is 12.8. The number of rotatable bonds is 36. The summed E-state index contributed by atoms with van der Waals surface area (Å²) in [4.78, 5) is 35.6. The average Bonchev–Trinajstić information content (AvgIpc) is 3.21. The van der Waals surface area contributed by atoms with Crippen LogP contribution in [0.4, 0.5) is 0 Å². The highest BCUT2D eigenvalue weighted by Gasteiger charge is 2.51. The van der Waals surface area contributed by atoms with E-state index in [-0.39, 0.29) is 12.8 Å². The van der Waals surface area contributed by atoms with Gasteiger partial charge in [-0.1, -0.05) is 140 Å². The first-order chi connectivity index (χ1) is 28.4. The lowest BCUT2D eigenvalue weighted by molar-refractivity contribution is -0.220. The van der Waals surface area contributed by atoms with E-state index in [0.29, 0.717) is 12.8 Å². The molecule has 13 nitrogen and oxygen atoms in total. The Morgan fingerprint density at radius 2 is 0.898 bits per heavy atom. The number of ether oxygens (including phenoxy) is 2. The van der Waals surface area contributed by atoms with E-state index in [1.54, 1.807) is 0 Å². The van der Waals surface area contributed by atoms with Gasteiger partial charge < -0.3 is 39.9 Å². The summed E-state index contributed by atoms with van der Waals surface area (Å²) in [6, 6.07) is 0. The van der Waals surface area contributed by atoms with E-state index in [4.69, 9.17) is 18.5 Å². The maximum Gasteiger partial charge on any atom is 0.472 e. The first kappa shape index (κ1) is 54.8. The third-order valence-electron chi connectivity index (χ3n) is 10.2. The molecule has 1 rings (SSSR count). The zero-order valence-electron chi connectivity index (χ0n) is 36.0. The summed E-state index contributed by atoms with van der Waals surface area (Å²) < 4.78 is 33.5. The summed E-state index contributed by atoms with van der Waals surface area (Å²) >= 11 is 0. The summed E-state index contributed by atoms with van der Waals surface area (Å²) in [5.74, 6) is -1.14. The second-order valence-electron chi connectivity index (χ2n) is 15.6. The monoisotopic (exact) mass is 859 g/mol. The normalized spacial score (nSPS) is 22.8. The molecule has 0 radical (unpaired) electrons. The Kier molecular flexibility index (Phi) is 32.9. The fourth-order valence-corrected chi connectivity index (χ4v) is 7.48. The second-order valence-corrected chi connectivity index (χ2v) is 17.0. The van der Waals surface area contributed by atoms with Crippen LogP contribution in [0.2, 0.25) is 0 Å². The van der Waals surface area contributed by atoms with Crippen molar-refractivity contribution in [2.24, 2.45) is 0 Å². The van der Waals surface area contributed by atoms with Gasteiger partial charge in [0.1, 0.15) is 43.2 Å². The minimum atomic E-state index is -5.12. The molecule has 0 spiro atoms. The molecule has 0 aliphatic heterocycles. The zero-order valence-corrected chi connectivity index (χ0v) is 36.9. The Balaban J connectivity index is 2.51. The number of allylic oxidation sites excluding steroid dienone is 8. The van der Waals surface area contributed by atoms with Gasteiger partial charge in [0.2, 0.25) is 0 Å². The van der Waals surface area contributed by atoms with Crippen molar-refractivity contribution in [2.75, 3.05) is 13.2 Å². The number of phosphoric acid groups is 1. The molecular weight excluding hydrogens is 779 g/mol. The van der Waals surface area contributed by atoms with Gasteiger partial charge in [-0.2, -0.15) is 0 Å². The van der Waals surface area contributed by atoms with Crippen LogP contribution in [0.1, 0.15) is 168 Å². The van der Waals surface area contributed by atoms with Crippen LogP contribution in [0.5, 0.6) is 0 Å². The lowest BCUT2D eigenvalue weighted by Gasteiger charge is -2.41. The number of aliphatic hydroxyl groups excluding tert-OH is 5. The van der Waals surface area contributed by atoms with Crippen molar-refractivity contribution in [3.63, 3.8) is 0 Å². The molecule has 1 fully saturated rings. The second kappa shape index (κ2) is 35.4. The van der Waals surface area contributed by atoms with Gasteiger partial charge in [0.15, 0.2) is 6.10 Å². The Hall–Kier alpha value is -2.19. The fourth-order valence-electron chi connectivity index (χ4n) is 6.50. The lowest BCUT2D eigenvalue weighted by atomic mass is 9.85. The van der Waals surface area contributed by atoms with Gasteiger partial charge in [-0.05, 0) is 64.2 Å². The molecule has 6 unspecified atom stereocenters. The van der Waals surface area contributed by atoms with Gasteiger partial charge in [0.25, 0.3) is 0 Å². The Labute approximate surface area is 354 Å². The average molecular weight is 859 g/mol. The van der Waals surface area contributed by atoms with Crippen LogP contribution in [-0.2, 0) is 32.7 Å². The highest BCUT2D eigenvalue weighted by molar-refractivity contribution is 7.47. The van der Waals surface area contributed by atoms with Crippen molar-refractivity contribution >= 4 is 19.8 Å². The molecular formula is C45H79O13P. The summed E-state index contributed by atoms with van der Waals surface area (Å²) in [5.41, 5.74) is 0. The Morgan fingerprint density at radius 1 is 0.525 bits per heavy atom. The quantitative estimate of drug-likeness (QED) is 0.0152. The van der Waals surface area contributed by atoms with Crippen molar-refractivity contribution in [3.05, 3.63) is 48.6 Å². The maximum atomic E-state index is 12.8. The van der Waals surface area contributed by atoms with Gasteiger partial charge in [-0.15, -0.1) is 0 Å². The molecule has 59 heavy (non-hydrogen) atoms. The van der Waals surface area contributed by atoms with Crippen molar-refractivity contribution in [1.29, 1.82) is 0 Å². The van der Waals surface area contributed by atoms with Crippen LogP contribution in [0.3, 0.4) is 0 Å². The van der Waals surface area contributed by atoms with Crippen molar-refractivity contribution in [3.8, 4) is 0 Å². The fraction of sp³-hybridized carbons (Fsp3) is 0.778. The molecule has 14 heteroatoms. The summed E-state index contributed by atoms with van der Waals surface area (Å²) in [5, 5.41) is 50.1. The number of hydrogen-bond donors (Lipinski definition) is 6. The zero-order chi connectivity index (χ0) is 43.6. The Bertz CT molecular complexity index is 1220.